The summed E-state index contributed by atoms with van der Waals surface area (Å²) in [4.78, 5) is 5.25. The molecule has 11 aromatic rings. The van der Waals surface area contributed by atoms with Gasteiger partial charge < -0.3 is 18.7 Å². The molecule has 2 unspecified atom stereocenters. The van der Waals surface area contributed by atoms with Crippen LogP contribution in [0.5, 0.6) is 0 Å². The van der Waals surface area contributed by atoms with E-state index in [9.17, 15) is 0 Å². The number of nitrogens with zero attached hydrogens (tertiary/aromatic N) is 2. The van der Waals surface area contributed by atoms with E-state index in [2.05, 4.69) is 167 Å². The van der Waals surface area contributed by atoms with Crippen LogP contribution in [-0.4, -0.2) is 10.4 Å². The molecule has 6 nitrogen and oxygen atoms in total. The van der Waals surface area contributed by atoms with Crippen LogP contribution < -0.4 is 10.6 Å². The molecule has 1 aliphatic rings. The number of para-hydroxylation sites is 3. The number of furan rings is 2. The third kappa shape index (κ3) is 4.98. The smallest absolute Gasteiger partial charge is 0.143 e. The van der Waals surface area contributed by atoms with E-state index >= 15 is 0 Å². The van der Waals surface area contributed by atoms with Gasteiger partial charge in [0, 0.05) is 43.6 Å². The standard InChI is InChI=1S/C51H34N4O2/c1-3-14-31(15-4-1)49-52-50(32-16-5-2-6-17-32)54-51(53-49)39-22-12-26-43-46(39)37-29-28-33(30-45(37)56-43)34-20-11-21-38-47-42(25-13-27-44(47)57-48(34)38)55-40-23-9-7-18-35(40)36-19-8-10-24-41(36)55/h1-30,49,51,53H,(H,52,54). The highest BCUT2D eigenvalue weighted by molar-refractivity contribution is 6.17. The van der Waals surface area contributed by atoms with E-state index in [4.69, 9.17) is 13.8 Å². The lowest BCUT2D eigenvalue weighted by Crippen LogP contribution is -2.44. The van der Waals surface area contributed by atoms with Crippen LogP contribution >= 0.6 is 0 Å². The Balaban J connectivity index is 0.996. The fraction of sp³-hybridized carbons (Fsp3) is 0.0392. The minimum atomic E-state index is -0.316. The summed E-state index contributed by atoms with van der Waals surface area (Å²) in [6.07, 6.45) is -0.451. The van der Waals surface area contributed by atoms with E-state index in [1.54, 1.807) is 0 Å². The zero-order valence-electron chi connectivity index (χ0n) is 30.7. The molecule has 12 rings (SSSR count). The molecule has 0 spiro atoms. The van der Waals surface area contributed by atoms with E-state index in [0.29, 0.717) is 0 Å². The second kappa shape index (κ2) is 12.6. The van der Waals surface area contributed by atoms with E-state index in [-0.39, 0.29) is 12.3 Å². The number of nitrogens with one attached hydrogen (secondary N) is 2. The van der Waals surface area contributed by atoms with Crippen molar-refractivity contribution in [2.75, 3.05) is 0 Å². The summed E-state index contributed by atoms with van der Waals surface area (Å²) in [6.45, 7) is 0. The zero-order chi connectivity index (χ0) is 37.5. The lowest BCUT2D eigenvalue weighted by Gasteiger charge is -2.32. The average Bonchev–Trinajstić information content (AvgIpc) is 3.96. The zero-order valence-corrected chi connectivity index (χ0v) is 30.7. The first-order valence-corrected chi connectivity index (χ1v) is 19.4. The molecule has 0 amide bonds. The maximum Gasteiger partial charge on any atom is 0.143 e. The normalized spacial score (nSPS) is 15.9. The molecule has 0 radical (unpaired) electrons. The minimum absolute atomic E-state index is 0.135. The Labute approximate surface area is 327 Å². The molecule has 270 valence electrons. The van der Waals surface area contributed by atoms with Crippen LogP contribution in [-0.2, 0) is 0 Å². The summed E-state index contributed by atoms with van der Waals surface area (Å²) in [7, 11) is 0. The second-order valence-electron chi connectivity index (χ2n) is 14.7. The van der Waals surface area contributed by atoms with E-state index in [0.717, 1.165) is 83.2 Å². The average molecular weight is 735 g/mol. The van der Waals surface area contributed by atoms with Crippen LogP contribution in [0.2, 0.25) is 0 Å². The molecule has 2 N–H and O–H groups in total. The van der Waals surface area contributed by atoms with Gasteiger partial charge in [0.05, 0.1) is 22.1 Å². The fourth-order valence-electron chi connectivity index (χ4n) is 8.95. The van der Waals surface area contributed by atoms with Crippen molar-refractivity contribution in [1.82, 2.24) is 15.2 Å². The number of fused-ring (bicyclic) bond motifs is 9. The van der Waals surface area contributed by atoms with E-state index < -0.39 is 0 Å². The number of aromatic nitrogens is 1. The summed E-state index contributed by atoms with van der Waals surface area (Å²) in [5.74, 6) is 0.848. The first-order valence-electron chi connectivity index (χ1n) is 19.4. The molecule has 8 aromatic carbocycles. The number of amidine groups is 1. The van der Waals surface area contributed by atoms with Crippen molar-refractivity contribution < 1.29 is 8.83 Å². The molecule has 0 bridgehead atoms. The van der Waals surface area contributed by atoms with Crippen molar-refractivity contribution in [3.63, 3.8) is 0 Å². The first-order chi connectivity index (χ1) is 28.3. The topological polar surface area (TPSA) is 67.6 Å². The molecule has 1 aliphatic heterocycles. The predicted octanol–water partition coefficient (Wildman–Crippen LogP) is 12.6. The van der Waals surface area contributed by atoms with Gasteiger partial charge in [-0.15, -0.1) is 0 Å². The molecule has 6 heteroatoms. The summed E-state index contributed by atoms with van der Waals surface area (Å²) in [5, 5.41) is 14.2. The maximum atomic E-state index is 6.79. The monoisotopic (exact) mass is 734 g/mol. The van der Waals surface area contributed by atoms with Gasteiger partial charge in [-0.25, -0.2) is 4.99 Å². The van der Waals surface area contributed by atoms with Crippen LogP contribution in [0.25, 0.3) is 82.5 Å². The molecule has 0 saturated heterocycles. The van der Waals surface area contributed by atoms with Gasteiger partial charge in [0.15, 0.2) is 0 Å². The number of aliphatic imine (C=N–C) groups is 1. The van der Waals surface area contributed by atoms with Gasteiger partial charge in [-0.05, 0) is 53.6 Å². The highest BCUT2D eigenvalue weighted by atomic mass is 16.3. The summed E-state index contributed by atoms with van der Waals surface area (Å²) < 4.78 is 15.8. The molecule has 0 aliphatic carbocycles. The lowest BCUT2D eigenvalue weighted by molar-refractivity contribution is 0.410. The summed E-state index contributed by atoms with van der Waals surface area (Å²) in [6, 6.07) is 63.6. The maximum absolute atomic E-state index is 6.79. The SMILES string of the molecule is c1ccc(C2=NC(c3cccc4oc5cc(-c6cccc7c6oc6cccc(-n8c9ccccc9c9ccccc98)c67)ccc5c34)NC(c3ccccc3)N2)cc1. The van der Waals surface area contributed by atoms with Crippen molar-refractivity contribution in [2.24, 2.45) is 4.99 Å². The Morgan fingerprint density at radius 1 is 0.491 bits per heavy atom. The van der Waals surface area contributed by atoms with Gasteiger partial charge in [0.25, 0.3) is 0 Å². The highest BCUT2D eigenvalue weighted by Gasteiger charge is 2.28. The van der Waals surface area contributed by atoms with E-state index in [1.807, 2.05) is 30.3 Å². The Morgan fingerprint density at radius 3 is 1.95 bits per heavy atom. The molecular formula is C51H34N4O2. The van der Waals surface area contributed by atoms with Gasteiger partial charge in [-0.1, -0.05) is 140 Å². The molecule has 4 heterocycles. The summed E-state index contributed by atoms with van der Waals surface area (Å²) in [5.41, 5.74) is 12.1. The fourth-order valence-corrected chi connectivity index (χ4v) is 8.95. The van der Waals surface area contributed by atoms with Gasteiger partial charge in [-0.3, -0.25) is 5.32 Å². The number of rotatable bonds is 5. The molecule has 3 aromatic heterocycles. The van der Waals surface area contributed by atoms with Gasteiger partial charge in [-0.2, -0.15) is 0 Å². The van der Waals surface area contributed by atoms with Crippen LogP contribution in [0.1, 0.15) is 29.0 Å². The Bertz CT molecular complexity index is 3320. The van der Waals surface area contributed by atoms with Crippen LogP contribution in [0.4, 0.5) is 0 Å². The second-order valence-corrected chi connectivity index (χ2v) is 14.7. The van der Waals surface area contributed by atoms with Crippen molar-refractivity contribution in [1.29, 1.82) is 0 Å². The van der Waals surface area contributed by atoms with Gasteiger partial charge >= 0.3 is 0 Å². The molecule has 2 atom stereocenters. The van der Waals surface area contributed by atoms with Crippen molar-refractivity contribution in [3.05, 3.63) is 199 Å². The largest absolute Gasteiger partial charge is 0.456 e. The first kappa shape index (κ1) is 31.9. The molecule has 0 fully saturated rings. The Morgan fingerprint density at radius 2 is 1.16 bits per heavy atom. The predicted molar refractivity (Wildman–Crippen MR) is 232 cm³/mol. The van der Waals surface area contributed by atoms with Gasteiger partial charge in [0.2, 0.25) is 0 Å². The molecule has 57 heavy (non-hydrogen) atoms. The third-order valence-electron chi connectivity index (χ3n) is 11.5. The van der Waals surface area contributed by atoms with Crippen LogP contribution in [0, 0.1) is 0 Å². The third-order valence-corrected chi connectivity index (χ3v) is 11.5. The number of hydrogen-bond donors (Lipinski definition) is 2. The Hall–Kier alpha value is -7.41. The minimum Gasteiger partial charge on any atom is -0.456 e. The van der Waals surface area contributed by atoms with Crippen LogP contribution in [0.3, 0.4) is 0 Å². The Kier molecular flexibility index (Phi) is 7.03. The van der Waals surface area contributed by atoms with Crippen molar-refractivity contribution in [3.8, 4) is 16.8 Å². The lowest BCUT2D eigenvalue weighted by atomic mass is 9.98. The molecule has 0 saturated carbocycles. The van der Waals surface area contributed by atoms with Crippen LogP contribution in [0.15, 0.2) is 196 Å². The highest BCUT2D eigenvalue weighted by Crippen LogP contribution is 2.43. The number of benzene rings is 8. The van der Waals surface area contributed by atoms with E-state index in [1.165, 1.54) is 21.8 Å². The number of hydrogen-bond acceptors (Lipinski definition) is 5. The van der Waals surface area contributed by atoms with Gasteiger partial charge in [0.1, 0.15) is 40.5 Å². The van der Waals surface area contributed by atoms with Crippen molar-refractivity contribution >= 4 is 71.5 Å². The van der Waals surface area contributed by atoms with Crippen molar-refractivity contribution in [2.45, 2.75) is 12.3 Å². The molecular weight excluding hydrogens is 701 g/mol. The quantitative estimate of drug-likeness (QED) is 0.185. The summed E-state index contributed by atoms with van der Waals surface area (Å²) >= 11 is 0.